The number of benzene rings is 1. The molecule has 0 radical (unpaired) electrons. The Bertz CT molecular complexity index is 1470. The summed E-state index contributed by atoms with van der Waals surface area (Å²) in [6.07, 6.45) is 7.13. The van der Waals surface area contributed by atoms with Crippen molar-refractivity contribution in [2.24, 2.45) is 10.2 Å². The molecular weight excluding hydrogens is 507 g/mol. The van der Waals surface area contributed by atoms with E-state index in [1.807, 2.05) is 20.8 Å². The van der Waals surface area contributed by atoms with E-state index in [9.17, 15) is 27.8 Å². The van der Waals surface area contributed by atoms with Crippen LogP contribution in [0.1, 0.15) is 27.2 Å². The summed E-state index contributed by atoms with van der Waals surface area (Å²) in [4.78, 5) is 24.4. The SMILES string of the molecule is CC(C)(C)CC[N+]1(C2=NP(=O)(O)c3cc(NS(C)(=O)=O)ccc3N2)C=C(n2cccn2)C(O)=CC1=O. The molecule has 0 aliphatic carbocycles. The fourth-order valence-electron chi connectivity index (χ4n) is 3.85. The van der Waals surface area contributed by atoms with Gasteiger partial charge in [0.2, 0.25) is 10.0 Å². The predicted octanol–water partition coefficient (Wildman–Crippen LogP) is 2.58. The van der Waals surface area contributed by atoms with Gasteiger partial charge in [-0.2, -0.15) is 9.58 Å². The van der Waals surface area contributed by atoms with Gasteiger partial charge >= 0.3 is 19.4 Å². The number of quaternary nitrogens is 1. The molecule has 192 valence electrons. The summed E-state index contributed by atoms with van der Waals surface area (Å²) in [6, 6.07) is 5.77. The highest BCUT2D eigenvalue weighted by Crippen LogP contribution is 2.48. The molecule has 0 fully saturated rings. The zero-order chi connectivity index (χ0) is 26.5. The molecule has 3 heterocycles. The molecule has 0 saturated carbocycles. The number of fused-ring (bicyclic) bond motifs is 1. The van der Waals surface area contributed by atoms with Crippen molar-refractivity contribution in [1.29, 1.82) is 0 Å². The lowest BCUT2D eigenvalue weighted by Gasteiger charge is -2.37. The number of carbonyl (C=O) groups excluding carboxylic acids is 1. The Morgan fingerprint density at radius 3 is 2.61 bits per heavy atom. The maximum absolute atomic E-state index is 13.5. The van der Waals surface area contributed by atoms with Gasteiger partial charge in [0.05, 0.1) is 29.9 Å². The Morgan fingerprint density at radius 1 is 1.28 bits per heavy atom. The van der Waals surface area contributed by atoms with Crippen molar-refractivity contribution in [2.75, 3.05) is 22.8 Å². The zero-order valence-corrected chi connectivity index (χ0v) is 21.9. The van der Waals surface area contributed by atoms with Crippen LogP contribution in [0.3, 0.4) is 0 Å². The van der Waals surface area contributed by atoms with Crippen LogP contribution < -0.4 is 15.3 Å². The highest BCUT2D eigenvalue weighted by molar-refractivity contribution is 7.92. The number of aliphatic hydroxyl groups is 1. The second kappa shape index (κ2) is 8.70. The van der Waals surface area contributed by atoms with E-state index in [4.69, 9.17) is 0 Å². The molecule has 1 aromatic heterocycles. The smallest absolute Gasteiger partial charge is 0.354 e. The van der Waals surface area contributed by atoms with Crippen LogP contribution in [0.4, 0.5) is 11.4 Å². The van der Waals surface area contributed by atoms with Gasteiger partial charge < -0.3 is 10.00 Å². The summed E-state index contributed by atoms with van der Waals surface area (Å²) in [5, 5.41) is 17.6. The molecular formula is C22H28N6O6PS+. The molecule has 14 heteroatoms. The third-order valence-electron chi connectivity index (χ3n) is 5.69. The van der Waals surface area contributed by atoms with E-state index in [0.29, 0.717) is 6.42 Å². The van der Waals surface area contributed by atoms with Crippen molar-refractivity contribution in [2.45, 2.75) is 27.2 Å². The molecule has 2 aliphatic heterocycles. The normalized spacial score (nSPS) is 24.2. The molecule has 2 aliphatic rings. The monoisotopic (exact) mass is 535 g/mol. The Balaban J connectivity index is 1.86. The minimum absolute atomic E-state index is 0.0974. The molecule has 2 unspecified atom stereocenters. The van der Waals surface area contributed by atoms with E-state index in [1.165, 1.54) is 35.3 Å². The highest BCUT2D eigenvalue weighted by Gasteiger charge is 2.49. The van der Waals surface area contributed by atoms with E-state index in [-0.39, 0.29) is 46.1 Å². The van der Waals surface area contributed by atoms with Crippen molar-refractivity contribution in [1.82, 2.24) is 9.78 Å². The number of anilines is 2. The second-order valence-electron chi connectivity index (χ2n) is 9.93. The summed E-state index contributed by atoms with van der Waals surface area (Å²) in [5.74, 6) is -0.953. The van der Waals surface area contributed by atoms with Crippen molar-refractivity contribution >= 4 is 51.8 Å². The Morgan fingerprint density at radius 2 is 2.00 bits per heavy atom. The number of nitrogens with zero attached hydrogens (tertiary/aromatic N) is 4. The number of sulfonamides is 1. The van der Waals surface area contributed by atoms with Gasteiger partial charge in [-0.05, 0) is 29.7 Å². The highest BCUT2D eigenvalue weighted by atomic mass is 32.2. The van der Waals surface area contributed by atoms with Crippen LogP contribution >= 0.6 is 7.52 Å². The molecule has 4 rings (SSSR count). The van der Waals surface area contributed by atoms with Crippen LogP contribution in [0.25, 0.3) is 5.70 Å². The average Bonchev–Trinajstić information content (AvgIpc) is 3.26. The first-order chi connectivity index (χ1) is 16.6. The van der Waals surface area contributed by atoms with E-state index in [2.05, 4.69) is 19.9 Å². The summed E-state index contributed by atoms with van der Waals surface area (Å²) in [7, 11) is -8.04. The van der Waals surface area contributed by atoms with Crippen LogP contribution in [0.2, 0.25) is 0 Å². The minimum Gasteiger partial charge on any atom is -0.505 e. The Kier molecular flexibility index (Phi) is 6.24. The fourth-order valence-corrected chi connectivity index (χ4v) is 5.73. The van der Waals surface area contributed by atoms with Crippen LogP contribution in [-0.4, -0.2) is 57.3 Å². The third-order valence-corrected chi connectivity index (χ3v) is 7.76. The number of amides is 1. The van der Waals surface area contributed by atoms with Crippen LogP contribution in [-0.2, 0) is 19.4 Å². The number of guanidine groups is 1. The summed E-state index contributed by atoms with van der Waals surface area (Å²) >= 11 is 0. The molecule has 2 aromatic rings. The molecule has 0 spiro atoms. The van der Waals surface area contributed by atoms with Gasteiger partial charge in [0.1, 0.15) is 6.20 Å². The largest absolute Gasteiger partial charge is 0.505 e. The van der Waals surface area contributed by atoms with Gasteiger partial charge in [-0.25, -0.2) is 17.9 Å². The lowest BCUT2D eigenvalue weighted by molar-refractivity contribution is -0.706. The lowest BCUT2D eigenvalue weighted by atomic mass is 9.91. The van der Waals surface area contributed by atoms with Crippen LogP contribution in [0, 0.1) is 5.41 Å². The maximum atomic E-state index is 13.5. The van der Waals surface area contributed by atoms with E-state index in [0.717, 1.165) is 12.3 Å². The predicted molar refractivity (Wildman–Crippen MR) is 137 cm³/mol. The van der Waals surface area contributed by atoms with Gasteiger partial charge in [0, 0.05) is 24.5 Å². The van der Waals surface area contributed by atoms with E-state index < -0.39 is 27.9 Å². The van der Waals surface area contributed by atoms with Gasteiger partial charge in [0.15, 0.2) is 11.5 Å². The first-order valence-electron chi connectivity index (χ1n) is 11.0. The number of allylic oxidation sites excluding steroid dienone is 1. The molecule has 0 bridgehead atoms. The van der Waals surface area contributed by atoms with Gasteiger partial charge in [-0.3, -0.25) is 14.6 Å². The first-order valence-corrected chi connectivity index (χ1v) is 14.5. The Labute approximate surface area is 208 Å². The van der Waals surface area contributed by atoms with Gasteiger partial charge in [0.25, 0.3) is 0 Å². The van der Waals surface area contributed by atoms with Crippen LogP contribution in [0.5, 0.6) is 0 Å². The molecule has 4 N–H and O–H groups in total. The molecule has 36 heavy (non-hydrogen) atoms. The summed E-state index contributed by atoms with van der Waals surface area (Å²) < 4.78 is 43.8. The number of carbonyl (C=O) groups is 1. The van der Waals surface area contributed by atoms with Crippen molar-refractivity contribution in [3.63, 3.8) is 0 Å². The number of aliphatic hydroxyl groups excluding tert-OH is 1. The molecule has 1 amide bonds. The molecule has 12 nitrogen and oxygen atoms in total. The lowest BCUT2D eigenvalue weighted by Crippen LogP contribution is -2.58. The topological polar surface area (TPSA) is 163 Å². The first kappa shape index (κ1) is 25.8. The number of nitrogens with one attached hydrogen (secondary N) is 2. The zero-order valence-electron chi connectivity index (χ0n) is 20.2. The second-order valence-corrected chi connectivity index (χ2v) is 13.5. The standard InChI is InChI=1S/C22H27N6O6PS/c1-22(2,3)8-11-28(14-17(18(29)13-20(28)30)27-10-5-9-23-27)21-24-16-7-6-15(26-36(4,33)34)12-19(16)35(31,32)25-21/h5-7,9-10,12-14,26H,8,11H2,1-4H3,(H2-,24,25,29,30,31,32)/p+1. The van der Waals surface area contributed by atoms with Crippen molar-refractivity contribution < 1.29 is 32.3 Å². The van der Waals surface area contributed by atoms with E-state index >= 15 is 0 Å². The Hall–Kier alpha value is -3.25. The third kappa shape index (κ3) is 5.14. The minimum atomic E-state index is -4.43. The summed E-state index contributed by atoms with van der Waals surface area (Å²) in [5.41, 5.74) is 0.324. The van der Waals surface area contributed by atoms with E-state index in [1.54, 1.807) is 12.3 Å². The number of rotatable bonds is 5. The van der Waals surface area contributed by atoms with Gasteiger partial charge in [-0.1, -0.05) is 20.8 Å². The molecule has 2 atom stereocenters. The van der Waals surface area contributed by atoms with Crippen molar-refractivity contribution in [3.05, 3.63) is 54.7 Å². The number of hydrogen-bond acceptors (Lipinski definition) is 7. The summed E-state index contributed by atoms with van der Waals surface area (Å²) in [6.45, 7) is 6.18. The van der Waals surface area contributed by atoms with Crippen molar-refractivity contribution in [3.8, 4) is 0 Å². The average molecular weight is 536 g/mol. The van der Waals surface area contributed by atoms with Gasteiger partial charge in [-0.15, -0.1) is 4.76 Å². The number of aromatic nitrogens is 2. The quantitative estimate of drug-likeness (QED) is 0.335. The molecule has 1 aromatic carbocycles. The molecule has 0 saturated heterocycles. The maximum Gasteiger partial charge on any atom is 0.354 e. The fraction of sp³-hybridized carbons (Fsp3) is 0.318. The number of hydrogen-bond donors (Lipinski definition) is 4. The van der Waals surface area contributed by atoms with Crippen LogP contribution in [0.15, 0.2) is 59.5 Å².